The average Bonchev–Trinajstić information content (AvgIpc) is 2.51. The van der Waals surface area contributed by atoms with E-state index in [9.17, 15) is 0 Å². The quantitative estimate of drug-likeness (QED) is 0.889. The molecule has 1 aliphatic rings. The Morgan fingerprint density at radius 1 is 0.850 bits per heavy atom. The Hall–Kier alpha value is -1.32. The van der Waals surface area contributed by atoms with E-state index in [0.717, 1.165) is 29.5 Å². The van der Waals surface area contributed by atoms with Crippen LogP contribution in [-0.2, 0) is 0 Å². The van der Waals surface area contributed by atoms with Crippen LogP contribution in [0.3, 0.4) is 0 Å². The lowest BCUT2D eigenvalue weighted by molar-refractivity contribution is 0.859. The summed E-state index contributed by atoms with van der Waals surface area (Å²) in [6.45, 7) is 2.29. The first-order chi connectivity index (χ1) is 9.81. The smallest absolute Gasteiger partial charge is 0.0407 e. The van der Waals surface area contributed by atoms with Crippen LogP contribution in [0.4, 0.5) is 17.1 Å². The molecule has 0 radical (unpaired) electrons. The van der Waals surface area contributed by atoms with Crippen LogP contribution >= 0.6 is 23.4 Å². The van der Waals surface area contributed by atoms with Gasteiger partial charge in [-0.25, -0.2) is 0 Å². The zero-order valence-electron chi connectivity index (χ0n) is 11.2. The molecule has 0 unspecified atom stereocenters. The SMILES string of the molecule is Clc1ccc(Nc2ccc(N3CCSCC3)cc2)cc1. The average molecular weight is 305 g/mol. The minimum absolute atomic E-state index is 0.758. The van der Waals surface area contributed by atoms with Gasteiger partial charge in [-0.2, -0.15) is 11.8 Å². The first-order valence-corrected chi connectivity index (χ1v) is 8.30. The minimum Gasteiger partial charge on any atom is -0.370 e. The fourth-order valence-corrected chi connectivity index (χ4v) is 3.31. The van der Waals surface area contributed by atoms with Crippen molar-refractivity contribution in [1.82, 2.24) is 0 Å². The molecule has 2 aromatic carbocycles. The van der Waals surface area contributed by atoms with Gasteiger partial charge in [0.15, 0.2) is 0 Å². The van der Waals surface area contributed by atoms with Gasteiger partial charge in [-0.05, 0) is 48.5 Å². The number of halogens is 1. The third-order valence-electron chi connectivity index (χ3n) is 3.38. The molecule has 2 nitrogen and oxygen atoms in total. The van der Waals surface area contributed by atoms with Crippen molar-refractivity contribution in [2.24, 2.45) is 0 Å². The summed E-state index contributed by atoms with van der Waals surface area (Å²) < 4.78 is 0. The van der Waals surface area contributed by atoms with Crippen molar-refractivity contribution in [2.75, 3.05) is 34.8 Å². The molecule has 0 aliphatic carbocycles. The van der Waals surface area contributed by atoms with E-state index >= 15 is 0 Å². The largest absolute Gasteiger partial charge is 0.370 e. The first kappa shape index (κ1) is 13.7. The molecular formula is C16H17ClN2S. The lowest BCUT2D eigenvalue weighted by atomic mass is 10.2. The van der Waals surface area contributed by atoms with Gasteiger partial charge in [0, 0.05) is 46.7 Å². The van der Waals surface area contributed by atoms with Crippen molar-refractivity contribution in [2.45, 2.75) is 0 Å². The van der Waals surface area contributed by atoms with E-state index in [-0.39, 0.29) is 0 Å². The fourth-order valence-electron chi connectivity index (χ4n) is 2.28. The molecule has 0 atom stereocenters. The molecule has 104 valence electrons. The summed E-state index contributed by atoms with van der Waals surface area (Å²) in [6, 6.07) is 16.4. The second-order valence-corrected chi connectivity index (χ2v) is 6.44. The molecule has 1 aliphatic heterocycles. The molecule has 0 amide bonds. The minimum atomic E-state index is 0.758. The van der Waals surface area contributed by atoms with Gasteiger partial charge in [0.25, 0.3) is 0 Å². The van der Waals surface area contributed by atoms with Gasteiger partial charge in [0.1, 0.15) is 0 Å². The van der Waals surface area contributed by atoms with Crippen LogP contribution < -0.4 is 10.2 Å². The van der Waals surface area contributed by atoms with E-state index in [1.807, 2.05) is 36.0 Å². The monoisotopic (exact) mass is 304 g/mol. The Morgan fingerprint density at radius 2 is 1.40 bits per heavy atom. The molecule has 1 saturated heterocycles. The van der Waals surface area contributed by atoms with Crippen molar-refractivity contribution in [3.05, 3.63) is 53.6 Å². The number of hydrogen-bond acceptors (Lipinski definition) is 3. The molecule has 20 heavy (non-hydrogen) atoms. The van der Waals surface area contributed by atoms with Gasteiger partial charge in [0.05, 0.1) is 0 Å². The Kier molecular flexibility index (Phi) is 4.38. The highest BCUT2D eigenvalue weighted by Crippen LogP contribution is 2.24. The van der Waals surface area contributed by atoms with E-state index in [1.165, 1.54) is 17.2 Å². The van der Waals surface area contributed by atoms with Crippen LogP contribution in [0.25, 0.3) is 0 Å². The number of benzene rings is 2. The summed E-state index contributed by atoms with van der Waals surface area (Å²) >= 11 is 7.92. The van der Waals surface area contributed by atoms with Crippen molar-refractivity contribution in [3.8, 4) is 0 Å². The molecule has 0 saturated carbocycles. The van der Waals surface area contributed by atoms with E-state index in [0.29, 0.717) is 0 Å². The molecular weight excluding hydrogens is 288 g/mol. The van der Waals surface area contributed by atoms with E-state index in [4.69, 9.17) is 11.6 Å². The Balaban J connectivity index is 1.67. The topological polar surface area (TPSA) is 15.3 Å². The van der Waals surface area contributed by atoms with Crippen LogP contribution in [0.2, 0.25) is 5.02 Å². The second-order valence-electron chi connectivity index (χ2n) is 4.78. The summed E-state index contributed by atoms with van der Waals surface area (Å²) in [4.78, 5) is 2.45. The van der Waals surface area contributed by atoms with Gasteiger partial charge in [-0.3, -0.25) is 0 Å². The summed E-state index contributed by atoms with van der Waals surface area (Å²) in [6.07, 6.45) is 0. The Labute approximate surface area is 129 Å². The maximum Gasteiger partial charge on any atom is 0.0407 e. The Bertz CT molecular complexity index is 548. The van der Waals surface area contributed by atoms with Gasteiger partial charge in [0.2, 0.25) is 0 Å². The number of rotatable bonds is 3. The second kappa shape index (κ2) is 6.42. The number of anilines is 3. The maximum absolute atomic E-state index is 5.89. The van der Waals surface area contributed by atoms with Gasteiger partial charge in [-0.1, -0.05) is 11.6 Å². The van der Waals surface area contributed by atoms with Crippen molar-refractivity contribution in [3.63, 3.8) is 0 Å². The first-order valence-electron chi connectivity index (χ1n) is 6.77. The summed E-state index contributed by atoms with van der Waals surface area (Å²) in [7, 11) is 0. The molecule has 2 aromatic rings. The number of thioether (sulfide) groups is 1. The van der Waals surface area contributed by atoms with Crippen molar-refractivity contribution < 1.29 is 0 Å². The Morgan fingerprint density at radius 3 is 2.00 bits per heavy atom. The highest BCUT2D eigenvalue weighted by molar-refractivity contribution is 7.99. The van der Waals surface area contributed by atoms with Crippen molar-refractivity contribution in [1.29, 1.82) is 0 Å². The molecule has 4 heteroatoms. The van der Waals surface area contributed by atoms with Gasteiger partial charge < -0.3 is 10.2 Å². The summed E-state index contributed by atoms with van der Waals surface area (Å²) in [5.74, 6) is 2.45. The lowest BCUT2D eigenvalue weighted by Gasteiger charge is -2.28. The molecule has 1 fully saturated rings. The van der Waals surface area contributed by atoms with Gasteiger partial charge in [-0.15, -0.1) is 0 Å². The zero-order valence-corrected chi connectivity index (χ0v) is 12.8. The van der Waals surface area contributed by atoms with Crippen LogP contribution in [0.5, 0.6) is 0 Å². The van der Waals surface area contributed by atoms with Crippen molar-refractivity contribution >= 4 is 40.4 Å². The normalized spacial score (nSPS) is 15.2. The highest BCUT2D eigenvalue weighted by atomic mass is 35.5. The summed E-state index contributed by atoms with van der Waals surface area (Å²) in [5.41, 5.74) is 3.46. The molecule has 0 spiro atoms. The number of hydrogen-bond donors (Lipinski definition) is 1. The lowest BCUT2D eigenvalue weighted by Crippen LogP contribution is -2.32. The predicted molar refractivity (Wildman–Crippen MR) is 90.7 cm³/mol. The third kappa shape index (κ3) is 3.41. The maximum atomic E-state index is 5.89. The molecule has 1 N–H and O–H groups in total. The molecule has 0 bridgehead atoms. The zero-order chi connectivity index (χ0) is 13.8. The summed E-state index contributed by atoms with van der Waals surface area (Å²) in [5, 5.41) is 4.14. The molecule has 1 heterocycles. The van der Waals surface area contributed by atoms with Crippen LogP contribution in [0, 0.1) is 0 Å². The highest BCUT2D eigenvalue weighted by Gasteiger charge is 2.10. The van der Waals surface area contributed by atoms with E-state index < -0.39 is 0 Å². The standard InChI is InChI=1S/C16H17ClN2S/c17-13-1-3-14(4-2-13)18-15-5-7-16(8-6-15)19-9-11-20-12-10-19/h1-8,18H,9-12H2. The molecule has 0 aromatic heterocycles. The number of nitrogens with one attached hydrogen (secondary N) is 1. The predicted octanol–water partition coefficient (Wildman–Crippen LogP) is 4.64. The van der Waals surface area contributed by atoms with Crippen LogP contribution in [0.1, 0.15) is 0 Å². The fraction of sp³-hybridized carbons (Fsp3) is 0.250. The van der Waals surface area contributed by atoms with Gasteiger partial charge >= 0.3 is 0 Å². The van der Waals surface area contributed by atoms with Crippen LogP contribution in [0.15, 0.2) is 48.5 Å². The van der Waals surface area contributed by atoms with E-state index in [2.05, 4.69) is 34.5 Å². The third-order valence-corrected chi connectivity index (χ3v) is 4.57. The number of nitrogens with zero attached hydrogens (tertiary/aromatic N) is 1. The molecule has 3 rings (SSSR count). The van der Waals surface area contributed by atoms with E-state index in [1.54, 1.807) is 0 Å². The van der Waals surface area contributed by atoms with Crippen LogP contribution in [-0.4, -0.2) is 24.6 Å².